The number of thioether (sulfide) groups is 1. The summed E-state index contributed by atoms with van der Waals surface area (Å²) in [5.74, 6) is -3.90. The summed E-state index contributed by atoms with van der Waals surface area (Å²) in [6, 6.07) is -1.14. The Morgan fingerprint density at radius 3 is 2.68 bits per heavy atom. The van der Waals surface area contributed by atoms with Gasteiger partial charge in [-0.2, -0.15) is 9.36 Å². The van der Waals surface area contributed by atoms with Gasteiger partial charge in [0.15, 0.2) is 16.9 Å². The first-order valence-electron chi connectivity index (χ1n) is 14.2. The second kappa shape index (κ2) is 13.0. The normalized spacial score (nSPS) is 20.7. The number of carbonyl (C=O) groups excluding carboxylic acids is 2. The van der Waals surface area contributed by atoms with E-state index >= 15 is 0 Å². The van der Waals surface area contributed by atoms with Crippen molar-refractivity contribution in [3.05, 3.63) is 29.0 Å². The SMILES string of the molecule is CC(C)(O/N=C(/C(=O)NC1C(=O)N2C(C(=O)O)=C(CN3C=C(N(CCCN)C(=N)N)C4=NCCN43)CSC12)c1nsc(N)n1)C(=O)O. The highest BCUT2D eigenvalue weighted by Gasteiger charge is 2.55. The maximum atomic E-state index is 13.4. The number of amidine groups is 1. The molecular formula is C25H33N13O7S2. The summed E-state index contributed by atoms with van der Waals surface area (Å²) >= 11 is 2.02. The van der Waals surface area contributed by atoms with E-state index in [1.54, 1.807) is 16.1 Å². The van der Waals surface area contributed by atoms with Gasteiger partial charge in [-0.15, -0.1) is 11.8 Å². The summed E-state index contributed by atoms with van der Waals surface area (Å²) in [7, 11) is 0. The quantitative estimate of drug-likeness (QED) is 0.0498. The van der Waals surface area contributed by atoms with Crippen LogP contribution in [0.1, 0.15) is 26.1 Å². The van der Waals surface area contributed by atoms with Gasteiger partial charge in [0.25, 0.3) is 11.8 Å². The molecule has 22 heteroatoms. The molecule has 20 nitrogen and oxygen atoms in total. The first-order chi connectivity index (χ1) is 22.2. The fourth-order valence-corrected chi connectivity index (χ4v) is 6.81. The number of nitrogens with zero attached hydrogens (tertiary/aromatic N) is 8. The second-order valence-corrected chi connectivity index (χ2v) is 12.9. The highest BCUT2D eigenvalue weighted by Crippen LogP contribution is 2.41. The Labute approximate surface area is 275 Å². The number of amides is 2. The Bertz CT molecular complexity index is 1640. The van der Waals surface area contributed by atoms with Crippen molar-refractivity contribution >= 4 is 69.7 Å². The van der Waals surface area contributed by atoms with Gasteiger partial charge >= 0.3 is 11.9 Å². The number of anilines is 1. The standard InChI is InChI=1S/C25H33N13O7S2/c1-25(2,22(43)44)45-33-13(16-32-24(29)47-34-16)18(39)31-14-19(40)38-15(21(41)42)11(10-46-20(14)38)8-35-9-12(17-30-5-7-37(17)35)36(23(27)28)6-3-4-26/h9,14,20H,3-8,10,26H2,1-2H3,(H3,27,28)(H,31,39)(H,41,42)(H,43,44)(H2,29,32,34)/b33-13+. The fourth-order valence-electron chi connectivity index (χ4n) is 5.04. The van der Waals surface area contributed by atoms with Crippen molar-refractivity contribution in [2.24, 2.45) is 21.6 Å². The Hall–Kier alpha value is -4.96. The molecule has 4 aliphatic heterocycles. The number of rotatable bonds is 13. The minimum atomic E-state index is -1.81. The number of nitrogen functional groups attached to an aromatic ring is 1. The summed E-state index contributed by atoms with van der Waals surface area (Å²) < 4.78 is 3.94. The Morgan fingerprint density at radius 1 is 1.32 bits per heavy atom. The third kappa shape index (κ3) is 6.38. The molecule has 5 rings (SSSR count). The number of guanidine groups is 1. The predicted octanol–water partition coefficient (Wildman–Crippen LogP) is -2.23. The van der Waals surface area contributed by atoms with Gasteiger partial charge in [-0.3, -0.25) is 34.9 Å². The minimum Gasteiger partial charge on any atom is -0.478 e. The van der Waals surface area contributed by atoms with Crippen LogP contribution in [0.2, 0.25) is 0 Å². The molecule has 10 N–H and O–H groups in total. The van der Waals surface area contributed by atoms with Crippen LogP contribution in [-0.2, 0) is 24.0 Å². The van der Waals surface area contributed by atoms with Crippen LogP contribution in [0.25, 0.3) is 0 Å². The van der Waals surface area contributed by atoms with Crippen molar-refractivity contribution in [2.75, 3.05) is 44.2 Å². The van der Waals surface area contributed by atoms with E-state index in [0.717, 1.165) is 16.4 Å². The minimum absolute atomic E-state index is 0.00680. The van der Waals surface area contributed by atoms with Crippen LogP contribution in [0.4, 0.5) is 5.13 Å². The Kier molecular flexibility index (Phi) is 9.27. The lowest BCUT2D eigenvalue weighted by Crippen LogP contribution is -2.71. The number of nitrogens with two attached hydrogens (primary N) is 3. The highest BCUT2D eigenvalue weighted by atomic mass is 32.2. The van der Waals surface area contributed by atoms with Crippen LogP contribution in [0.15, 0.2) is 33.3 Å². The lowest BCUT2D eigenvalue weighted by atomic mass is 10.0. The number of nitrogens with one attached hydrogen (secondary N) is 2. The van der Waals surface area contributed by atoms with Crippen molar-refractivity contribution in [3.8, 4) is 0 Å². The van der Waals surface area contributed by atoms with E-state index in [1.165, 1.54) is 25.6 Å². The molecule has 2 unspecified atom stereocenters. The molecule has 2 amide bonds. The number of hydrogen-bond donors (Lipinski definition) is 7. The molecule has 0 aromatic carbocycles. The Balaban J connectivity index is 1.36. The van der Waals surface area contributed by atoms with E-state index in [9.17, 15) is 29.4 Å². The lowest BCUT2D eigenvalue weighted by Gasteiger charge is -2.49. The van der Waals surface area contributed by atoms with Gasteiger partial charge in [-0.05, 0) is 32.4 Å². The molecular weight excluding hydrogens is 658 g/mol. The molecule has 0 saturated carbocycles. The van der Waals surface area contributed by atoms with Gasteiger partial charge in [0, 0.05) is 30.0 Å². The number of oxime groups is 1. The van der Waals surface area contributed by atoms with Crippen LogP contribution >= 0.6 is 23.3 Å². The third-order valence-corrected chi connectivity index (χ3v) is 9.32. The summed E-state index contributed by atoms with van der Waals surface area (Å²) in [4.78, 5) is 67.0. The zero-order chi connectivity index (χ0) is 34.2. The third-order valence-electron chi connectivity index (χ3n) is 7.43. The van der Waals surface area contributed by atoms with Crippen molar-refractivity contribution in [1.82, 2.24) is 34.5 Å². The largest absolute Gasteiger partial charge is 0.478 e. The number of aliphatic imine (C=N–C) groups is 1. The lowest BCUT2D eigenvalue weighted by molar-refractivity contribution is -0.161. The highest BCUT2D eigenvalue weighted by molar-refractivity contribution is 8.00. The van der Waals surface area contributed by atoms with Gasteiger partial charge in [-0.25, -0.2) is 9.59 Å². The smallest absolute Gasteiger partial charge is 0.352 e. The average Bonchev–Trinajstić information content (AvgIpc) is 3.74. The molecule has 0 aliphatic carbocycles. The fraction of sp³-hybridized carbons (Fsp3) is 0.480. The Morgan fingerprint density at radius 2 is 2.06 bits per heavy atom. The average molecular weight is 692 g/mol. The van der Waals surface area contributed by atoms with E-state index in [2.05, 4.69) is 24.8 Å². The van der Waals surface area contributed by atoms with Crippen LogP contribution in [0.5, 0.6) is 0 Å². The zero-order valence-electron chi connectivity index (χ0n) is 25.2. The van der Waals surface area contributed by atoms with Gasteiger partial charge in [-0.1, -0.05) is 5.16 Å². The summed E-state index contributed by atoms with van der Waals surface area (Å²) in [5, 5.41) is 36.8. The molecule has 1 aromatic heterocycles. The monoisotopic (exact) mass is 691 g/mol. The number of β-lactam (4-membered cyclic amide) rings is 1. The van der Waals surface area contributed by atoms with Crippen molar-refractivity contribution < 1.29 is 34.2 Å². The number of carbonyl (C=O) groups is 4. The van der Waals surface area contributed by atoms with Gasteiger partial charge in [0.05, 0.1) is 19.6 Å². The molecule has 0 bridgehead atoms. The first-order valence-corrected chi connectivity index (χ1v) is 16.0. The first kappa shape index (κ1) is 33.4. The molecule has 2 atom stereocenters. The van der Waals surface area contributed by atoms with E-state index in [0.29, 0.717) is 49.7 Å². The van der Waals surface area contributed by atoms with E-state index in [1.807, 2.05) is 5.01 Å². The molecule has 0 spiro atoms. The maximum Gasteiger partial charge on any atom is 0.352 e. The van der Waals surface area contributed by atoms with Crippen molar-refractivity contribution in [1.29, 1.82) is 5.41 Å². The van der Waals surface area contributed by atoms with E-state index in [-0.39, 0.29) is 34.9 Å². The van der Waals surface area contributed by atoms with Gasteiger partial charge < -0.3 is 42.5 Å². The number of hydrogen-bond acceptors (Lipinski definition) is 16. The number of aliphatic carboxylic acids is 2. The maximum absolute atomic E-state index is 13.4. The number of aromatic nitrogens is 2. The molecule has 252 valence electrons. The van der Waals surface area contributed by atoms with Crippen LogP contribution in [0.3, 0.4) is 0 Å². The molecule has 1 fully saturated rings. The molecule has 0 radical (unpaired) electrons. The molecule has 5 heterocycles. The number of hydrazine groups is 1. The van der Waals surface area contributed by atoms with Gasteiger partial charge in [0.2, 0.25) is 17.1 Å². The predicted molar refractivity (Wildman–Crippen MR) is 169 cm³/mol. The number of carboxylic acids is 2. The number of carboxylic acid groups (broad SMARTS) is 2. The van der Waals surface area contributed by atoms with Crippen molar-refractivity contribution in [2.45, 2.75) is 37.3 Å². The molecule has 1 saturated heterocycles. The van der Waals surface area contributed by atoms with Crippen LogP contribution < -0.4 is 22.5 Å². The van der Waals surface area contributed by atoms with Crippen LogP contribution in [0, 0.1) is 5.41 Å². The molecule has 47 heavy (non-hydrogen) atoms. The van der Waals surface area contributed by atoms with Crippen molar-refractivity contribution in [3.63, 3.8) is 0 Å². The topological polar surface area (TPSA) is 295 Å². The van der Waals surface area contributed by atoms with E-state index < -0.39 is 46.5 Å². The summed E-state index contributed by atoms with van der Waals surface area (Å²) in [5.41, 5.74) is 15.7. The van der Waals surface area contributed by atoms with Crippen LogP contribution in [-0.4, -0.2) is 136 Å². The second-order valence-electron chi connectivity index (χ2n) is 11.0. The zero-order valence-corrected chi connectivity index (χ0v) is 26.9. The molecule has 1 aromatic rings. The summed E-state index contributed by atoms with van der Waals surface area (Å²) in [6.45, 7) is 4.36. The molecule has 4 aliphatic rings. The summed E-state index contributed by atoms with van der Waals surface area (Å²) in [6.07, 6.45) is 2.33. The van der Waals surface area contributed by atoms with E-state index in [4.69, 9.17) is 27.4 Å². The number of fused-ring (bicyclic) bond motifs is 2. The van der Waals surface area contributed by atoms with Gasteiger partial charge in [0.1, 0.15) is 22.8 Å².